The molecule has 161 valence electrons. The molecule has 0 aliphatic rings. The molecule has 0 atom stereocenters. The number of carbonyl (C=O) groups excluding carboxylic acids is 1. The van der Waals surface area contributed by atoms with Crippen LogP contribution in [0.15, 0.2) is 72.5 Å². The van der Waals surface area contributed by atoms with E-state index in [2.05, 4.69) is 60.7 Å². The van der Waals surface area contributed by atoms with Gasteiger partial charge >= 0.3 is 148 Å². The van der Waals surface area contributed by atoms with Crippen LogP contribution in [-0.2, 0) is 24.9 Å². The van der Waals surface area contributed by atoms with Gasteiger partial charge in [0.25, 0.3) is 0 Å². The average Bonchev–Trinajstić information content (AvgIpc) is 3.05. The summed E-state index contributed by atoms with van der Waals surface area (Å²) in [5, 5.41) is 13.5. The van der Waals surface area contributed by atoms with Gasteiger partial charge in [0, 0.05) is 26.2 Å². The number of hydrogen-bond acceptors (Lipinski definition) is 4. The number of para-hydroxylation sites is 1. The number of thiophene rings is 1. The fraction of sp³-hybridized carbons (Fsp3) is 0.0769. The third-order valence-corrected chi connectivity index (χ3v) is 8.38. The third kappa shape index (κ3) is 4.17. The summed E-state index contributed by atoms with van der Waals surface area (Å²) in [6.07, 6.45) is 1.17. The predicted molar refractivity (Wildman–Crippen MR) is 132 cm³/mol. The molecule has 3 nitrogen and oxygen atoms in total. The van der Waals surface area contributed by atoms with E-state index in [4.69, 9.17) is 10.1 Å². The van der Waals surface area contributed by atoms with Crippen molar-refractivity contribution < 1.29 is 30.0 Å². The topological polar surface area (TPSA) is 50.2 Å². The van der Waals surface area contributed by atoms with Crippen molar-refractivity contribution in [3.05, 3.63) is 78.6 Å². The molecule has 1 N–H and O–H groups in total. The molecule has 0 fully saturated rings. The summed E-state index contributed by atoms with van der Waals surface area (Å²) in [6.45, 7) is 2.85. The van der Waals surface area contributed by atoms with Crippen molar-refractivity contribution >= 4 is 82.1 Å². The number of nitrogens with zero attached hydrogens (tertiary/aromatic N) is 1. The van der Waals surface area contributed by atoms with E-state index in [0.717, 1.165) is 11.0 Å². The molecule has 0 unspecified atom stereocenters. The van der Waals surface area contributed by atoms with Gasteiger partial charge in [0.2, 0.25) is 0 Å². The molecule has 0 saturated heterocycles. The van der Waals surface area contributed by atoms with Crippen molar-refractivity contribution in [2.24, 2.45) is 0 Å². The second-order valence-electron chi connectivity index (χ2n) is 7.35. The number of carbonyl (C=O) groups is 1. The summed E-state index contributed by atoms with van der Waals surface area (Å²) >= 11 is 2.14. The molecule has 1 radical (unpaired) electrons. The second kappa shape index (κ2) is 9.27. The van der Waals surface area contributed by atoms with Crippen LogP contribution in [0.4, 0.5) is 0 Å². The first kappa shape index (κ1) is 22.8. The van der Waals surface area contributed by atoms with Gasteiger partial charge in [0.15, 0.2) is 5.78 Å². The van der Waals surface area contributed by atoms with E-state index < -0.39 is 0 Å². The predicted octanol–water partition coefficient (Wildman–Crippen LogP) is 6.80. The summed E-state index contributed by atoms with van der Waals surface area (Å²) in [7, 11) is 0. The molecule has 0 spiro atoms. The maximum atomic E-state index is 10.0. The molecule has 6 aromatic rings. The number of pyridine rings is 1. The van der Waals surface area contributed by atoms with Crippen LogP contribution in [0.2, 0.25) is 0 Å². The summed E-state index contributed by atoms with van der Waals surface area (Å²) in [6, 6.07) is 25.2. The first-order chi connectivity index (χ1) is 15.0. The van der Waals surface area contributed by atoms with E-state index in [1.54, 1.807) is 0 Å². The zero-order valence-electron chi connectivity index (χ0n) is 17.3. The maximum absolute atomic E-state index is 10.0. The minimum atomic E-state index is -0.125. The van der Waals surface area contributed by atoms with Crippen LogP contribution in [0.3, 0.4) is 0 Å². The molecular formula is C26H18IrNO2SSe-. The number of aliphatic hydroxyl groups excluding tert-OH is 1. The molecule has 6 heteroatoms. The van der Waals surface area contributed by atoms with Crippen molar-refractivity contribution in [2.75, 3.05) is 0 Å². The Kier molecular flexibility index (Phi) is 6.62. The number of aromatic nitrogens is 1. The summed E-state index contributed by atoms with van der Waals surface area (Å²) in [5.74, 6) is -0.0625. The number of rotatable bonds is 1. The van der Waals surface area contributed by atoms with Crippen LogP contribution >= 0.6 is 11.3 Å². The second-order valence-corrected chi connectivity index (χ2v) is 10.7. The van der Waals surface area contributed by atoms with E-state index in [-0.39, 0.29) is 46.2 Å². The number of ketones is 1. The molecule has 0 aliphatic carbocycles. The van der Waals surface area contributed by atoms with Gasteiger partial charge < -0.3 is 5.11 Å². The molecule has 0 bridgehead atoms. The zero-order chi connectivity index (χ0) is 21.5. The Morgan fingerprint density at radius 1 is 1.03 bits per heavy atom. The Labute approximate surface area is 208 Å². The fourth-order valence-corrected chi connectivity index (χ4v) is 7.46. The number of hydrogen-bond donors (Lipinski definition) is 1. The standard InChI is InChI=1S/C21H10NSSe.C5H8O2.Ir/c1-2-7-14-12(5-1)11-18-21(22-14)13-6-3-8-15-19(13)20-16(23-15)9-4-10-17(20)24-18;1-4(6)3-5(2)7;/h1-5,7-11H;3,6H,1-2H3;/q-1;;/b;4-3-;. The molecule has 32 heavy (non-hydrogen) atoms. The van der Waals surface area contributed by atoms with Crippen molar-refractivity contribution in [1.29, 1.82) is 0 Å². The Morgan fingerprint density at radius 3 is 2.56 bits per heavy atom. The van der Waals surface area contributed by atoms with Gasteiger partial charge in [0.05, 0.1) is 5.76 Å². The molecule has 0 amide bonds. The minimum absolute atomic E-state index is 0. The van der Waals surface area contributed by atoms with Crippen LogP contribution in [0.1, 0.15) is 13.8 Å². The van der Waals surface area contributed by atoms with Gasteiger partial charge in [-0.05, 0) is 13.8 Å². The monoisotopic (exact) mass is 681 g/mol. The summed E-state index contributed by atoms with van der Waals surface area (Å²) < 4.78 is 5.54. The fourth-order valence-electron chi connectivity index (χ4n) is 3.81. The van der Waals surface area contributed by atoms with Gasteiger partial charge in [-0.15, -0.1) is 0 Å². The quantitative estimate of drug-likeness (QED) is 0.0901. The van der Waals surface area contributed by atoms with E-state index >= 15 is 0 Å². The average molecular weight is 680 g/mol. The molecule has 0 saturated carbocycles. The molecular weight excluding hydrogens is 662 g/mol. The molecule has 3 aromatic heterocycles. The summed E-state index contributed by atoms with van der Waals surface area (Å²) in [4.78, 5) is 15.1. The van der Waals surface area contributed by atoms with Crippen molar-refractivity contribution in [2.45, 2.75) is 13.8 Å². The van der Waals surface area contributed by atoms with E-state index in [1.807, 2.05) is 17.4 Å². The van der Waals surface area contributed by atoms with Gasteiger partial charge in [-0.2, -0.15) is 0 Å². The van der Waals surface area contributed by atoms with Crippen molar-refractivity contribution in [3.8, 4) is 0 Å². The van der Waals surface area contributed by atoms with Crippen LogP contribution in [0.25, 0.3) is 50.5 Å². The van der Waals surface area contributed by atoms with Crippen molar-refractivity contribution in [1.82, 2.24) is 4.98 Å². The first-order valence-electron chi connectivity index (χ1n) is 9.83. The van der Waals surface area contributed by atoms with Gasteiger partial charge in [-0.1, -0.05) is 0 Å². The normalized spacial score (nSPS) is 11.6. The first-order valence-corrected chi connectivity index (χ1v) is 12.4. The zero-order valence-corrected chi connectivity index (χ0v) is 22.2. The summed E-state index contributed by atoms with van der Waals surface area (Å²) in [5.41, 5.74) is 2.19. The van der Waals surface area contributed by atoms with Crippen LogP contribution in [0.5, 0.6) is 0 Å². The van der Waals surface area contributed by atoms with Crippen LogP contribution in [0, 0.1) is 6.07 Å². The third-order valence-electron chi connectivity index (χ3n) is 4.97. The molecule has 0 aliphatic heterocycles. The van der Waals surface area contributed by atoms with Gasteiger partial charge in [-0.25, -0.2) is 0 Å². The Hall–Kier alpha value is -2.33. The molecule has 3 aromatic carbocycles. The molecule has 6 rings (SSSR count). The number of allylic oxidation sites excluding steroid dienone is 2. The SMILES string of the molecule is CC(=O)/C=C(/C)O.[Ir].[c-]1ccc2sc3cccc4[se]c5cc6ccccc6nc5c1c2c34. The Balaban J connectivity index is 0.000000271. The van der Waals surface area contributed by atoms with E-state index in [0.29, 0.717) is 0 Å². The number of benzene rings is 3. The Morgan fingerprint density at radius 2 is 1.81 bits per heavy atom. The Bertz CT molecular complexity index is 1640. The molecule has 3 heterocycles. The van der Waals surface area contributed by atoms with Gasteiger partial charge in [0.1, 0.15) is 0 Å². The van der Waals surface area contributed by atoms with E-state index in [1.165, 1.54) is 59.4 Å². The van der Waals surface area contributed by atoms with E-state index in [9.17, 15) is 4.79 Å². The van der Waals surface area contributed by atoms with Gasteiger partial charge in [-0.3, -0.25) is 4.79 Å². The van der Waals surface area contributed by atoms with Crippen LogP contribution < -0.4 is 0 Å². The number of aliphatic hydroxyl groups is 1. The van der Waals surface area contributed by atoms with Crippen molar-refractivity contribution in [3.63, 3.8) is 0 Å². The number of fused-ring (bicyclic) bond motifs is 3. The van der Waals surface area contributed by atoms with Crippen LogP contribution in [-0.4, -0.2) is 30.4 Å².